The van der Waals surface area contributed by atoms with Crippen LogP contribution in [0.25, 0.3) is 33.0 Å². The average Bonchev–Trinajstić information content (AvgIpc) is 2.69. The summed E-state index contributed by atoms with van der Waals surface area (Å²) in [5.74, 6) is 0. The van der Waals surface area contributed by atoms with Crippen LogP contribution in [0.4, 0.5) is 0 Å². The third-order valence-electron chi connectivity index (χ3n) is 4.82. The fraction of sp³-hybridized carbons (Fsp3) is 0.120. The number of hydrogen-bond donors (Lipinski definition) is 0. The molecule has 4 rings (SSSR count). The van der Waals surface area contributed by atoms with Crippen LogP contribution in [0.2, 0.25) is 0 Å². The average molecular weight is 322 g/mol. The molecule has 0 unspecified atom stereocenters. The topological polar surface area (TPSA) is 0 Å². The van der Waals surface area contributed by atoms with Crippen molar-refractivity contribution >= 4 is 10.8 Å². The Kier molecular flexibility index (Phi) is 4.35. The van der Waals surface area contributed by atoms with Crippen molar-refractivity contribution in [1.82, 2.24) is 0 Å². The maximum atomic E-state index is 2.31. The molecule has 0 heteroatoms. The van der Waals surface area contributed by atoms with Crippen molar-refractivity contribution in [2.24, 2.45) is 0 Å². The lowest BCUT2D eigenvalue weighted by molar-refractivity contribution is 0.930. The minimum absolute atomic E-state index is 1.11. The highest BCUT2D eigenvalue weighted by atomic mass is 14.2. The Morgan fingerprint density at radius 1 is 0.560 bits per heavy atom. The van der Waals surface area contributed by atoms with Gasteiger partial charge in [-0.15, -0.1) is 0 Å². The lowest BCUT2D eigenvalue weighted by Crippen LogP contribution is -1.92. The van der Waals surface area contributed by atoms with Crippen molar-refractivity contribution < 1.29 is 0 Å². The maximum absolute atomic E-state index is 2.31. The van der Waals surface area contributed by atoms with E-state index in [2.05, 4.69) is 97.9 Å². The molecule has 0 bridgehead atoms. The Labute approximate surface area is 149 Å². The molecule has 0 radical (unpaired) electrons. The van der Waals surface area contributed by atoms with E-state index in [1.807, 2.05) is 0 Å². The molecule has 0 aromatic heterocycles. The van der Waals surface area contributed by atoms with Gasteiger partial charge in [0.25, 0.3) is 0 Å². The Balaban J connectivity index is 2.07. The molecule has 25 heavy (non-hydrogen) atoms. The SMILES string of the molecule is CCCc1ccc(-c2ccccc2)c2c(-c3ccccc3)cccc12. The molecule has 0 amide bonds. The maximum Gasteiger partial charge on any atom is -0.00241 e. The van der Waals surface area contributed by atoms with Crippen LogP contribution in [0.15, 0.2) is 91.0 Å². The molecule has 0 spiro atoms. The molecular weight excluding hydrogens is 300 g/mol. The minimum atomic E-state index is 1.11. The first kappa shape index (κ1) is 15.7. The molecule has 0 N–H and O–H groups in total. The van der Waals surface area contributed by atoms with Gasteiger partial charge in [-0.05, 0) is 45.0 Å². The van der Waals surface area contributed by atoms with Crippen molar-refractivity contribution in [3.8, 4) is 22.3 Å². The lowest BCUT2D eigenvalue weighted by atomic mass is 9.88. The van der Waals surface area contributed by atoms with Crippen LogP contribution in [-0.4, -0.2) is 0 Å². The van der Waals surface area contributed by atoms with E-state index in [1.165, 1.54) is 38.6 Å². The van der Waals surface area contributed by atoms with Gasteiger partial charge in [0, 0.05) is 0 Å². The molecule has 122 valence electrons. The molecule has 4 aromatic rings. The summed E-state index contributed by atoms with van der Waals surface area (Å²) in [6.45, 7) is 2.25. The third kappa shape index (κ3) is 2.96. The van der Waals surface area contributed by atoms with Crippen molar-refractivity contribution in [3.05, 3.63) is 96.6 Å². The molecule has 0 heterocycles. The summed E-state index contributed by atoms with van der Waals surface area (Å²) >= 11 is 0. The highest BCUT2D eigenvalue weighted by Gasteiger charge is 2.12. The second-order valence-corrected chi connectivity index (χ2v) is 6.48. The molecule has 0 fully saturated rings. The predicted octanol–water partition coefficient (Wildman–Crippen LogP) is 7.13. The van der Waals surface area contributed by atoms with Gasteiger partial charge in [-0.3, -0.25) is 0 Å². The first-order chi connectivity index (χ1) is 12.4. The van der Waals surface area contributed by atoms with Gasteiger partial charge in [-0.25, -0.2) is 0 Å². The fourth-order valence-electron chi connectivity index (χ4n) is 3.67. The monoisotopic (exact) mass is 322 g/mol. The minimum Gasteiger partial charge on any atom is -0.0651 e. The van der Waals surface area contributed by atoms with Crippen LogP contribution in [-0.2, 0) is 6.42 Å². The standard InChI is InChI=1S/C25H22/c1-2-10-19-17-18-24(21-13-7-4-8-14-21)25-22(19)15-9-16-23(25)20-11-5-3-6-12-20/h3-9,11-18H,2,10H2,1H3. The third-order valence-corrected chi connectivity index (χ3v) is 4.82. The van der Waals surface area contributed by atoms with Crippen molar-refractivity contribution in [1.29, 1.82) is 0 Å². The molecule has 0 saturated heterocycles. The lowest BCUT2D eigenvalue weighted by Gasteiger charge is -2.15. The summed E-state index contributed by atoms with van der Waals surface area (Å²) in [7, 11) is 0. The van der Waals surface area contributed by atoms with E-state index in [0.29, 0.717) is 0 Å². The zero-order valence-electron chi connectivity index (χ0n) is 14.6. The number of fused-ring (bicyclic) bond motifs is 1. The Bertz CT molecular complexity index is 937. The number of aryl methyl sites for hydroxylation is 1. The Hall–Kier alpha value is -2.86. The van der Waals surface area contributed by atoms with E-state index in [1.54, 1.807) is 0 Å². The van der Waals surface area contributed by atoms with Gasteiger partial charge in [0.15, 0.2) is 0 Å². The summed E-state index contributed by atoms with van der Waals surface area (Å²) in [5.41, 5.74) is 6.62. The van der Waals surface area contributed by atoms with Crippen LogP contribution in [0.5, 0.6) is 0 Å². The van der Waals surface area contributed by atoms with Crippen molar-refractivity contribution in [2.45, 2.75) is 19.8 Å². The van der Waals surface area contributed by atoms with E-state index < -0.39 is 0 Å². The molecule has 0 nitrogen and oxygen atoms in total. The van der Waals surface area contributed by atoms with Gasteiger partial charge in [-0.2, -0.15) is 0 Å². The second kappa shape index (κ2) is 6.94. The Morgan fingerprint density at radius 3 is 1.76 bits per heavy atom. The van der Waals surface area contributed by atoms with E-state index >= 15 is 0 Å². The molecule has 0 atom stereocenters. The summed E-state index contributed by atoms with van der Waals surface area (Å²) in [6.07, 6.45) is 2.28. The molecule has 4 aromatic carbocycles. The van der Waals surface area contributed by atoms with Gasteiger partial charge in [0.2, 0.25) is 0 Å². The van der Waals surface area contributed by atoms with Gasteiger partial charge in [0.05, 0.1) is 0 Å². The van der Waals surface area contributed by atoms with Crippen LogP contribution < -0.4 is 0 Å². The number of benzene rings is 4. The molecule has 0 aliphatic carbocycles. The quantitative estimate of drug-likeness (QED) is 0.375. The summed E-state index contributed by atoms with van der Waals surface area (Å²) in [4.78, 5) is 0. The molecule has 0 saturated carbocycles. The van der Waals surface area contributed by atoms with E-state index in [4.69, 9.17) is 0 Å². The van der Waals surface area contributed by atoms with Crippen molar-refractivity contribution in [2.75, 3.05) is 0 Å². The van der Waals surface area contributed by atoms with Gasteiger partial charge < -0.3 is 0 Å². The summed E-state index contributed by atoms with van der Waals surface area (Å²) in [5, 5.41) is 2.75. The van der Waals surface area contributed by atoms with Crippen LogP contribution in [0, 0.1) is 0 Å². The van der Waals surface area contributed by atoms with Gasteiger partial charge in [-0.1, -0.05) is 104 Å². The smallest absolute Gasteiger partial charge is 0.00241 e. The molecule has 0 aliphatic heterocycles. The normalized spacial score (nSPS) is 10.9. The van der Waals surface area contributed by atoms with Crippen LogP contribution >= 0.6 is 0 Å². The van der Waals surface area contributed by atoms with Gasteiger partial charge >= 0.3 is 0 Å². The van der Waals surface area contributed by atoms with E-state index in [9.17, 15) is 0 Å². The van der Waals surface area contributed by atoms with Crippen molar-refractivity contribution in [3.63, 3.8) is 0 Å². The number of hydrogen-bond acceptors (Lipinski definition) is 0. The molecular formula is C25H22. The highest BCUT2D eigenvalue weighted by molar-refractivity contribution is 6.07. The largest absolute Gasteiger partial charge is 0.0651 e. The summed E-state index contributed by atoms with van der Waals surface area (Å²) < 4.78 is 0. The van der Waals surface area contributed by atoms with E-state index in [0.717, 1.165) is 12.8 Å². The van der Waals surface area contributed by atoms with Gasteiger partial charge in [0.1, 0.15) is 0 Å². The first-order valence-electron chi connectivity index (χ1n) is 9.04. The second-order valence-electron chi connectivity index (χ2n) is 6.48. The van der Waals surface area contributed by atoms with Crippen LogP contribution in [0.1, 0.15) is 18.9 Å². The highest BCUT2D eigenvalue weighted by Crippen LogP contribution is 2.38. The zero-order chi connectivity index (χ0) is 17.1. The molecule has 0 aliphatic rings. The summed E-state index contributed by atoms with van der Waals surface area (Å²) in [6, 6.07) is 32.8. The van der Waals surface area contributed by atoms with Crippen LogP contribution in [0.3, 0.4) is 0 Å². The Morgan fingerprint density at radius 2 is 1.16 bits per heavy atom. The fourth-order valence-corrected chi connectivity index (χ4v) is 3.67. The van der Waals surface area contributed by atoms with E-state index in [-0.39, 0.29) is 0 Å². The predicted molar refractivity (Wildman–Crippen MR) is 109 cm³/mol. The first-order valence-corrected chi connectivity index (χ1v) is 9.04. The number of rotatable bonds is 4. The zero-order valence-corrected chi connectivity index (χ0v) is 14.6.